The van der Waals surface area contributed by atoms with Crippen LogP contribution in [0.3, 0.4) is 0 Å². The lowest BCUT2D eigenvalue weighted by atomic mass is 9.87. The van der Waals surface area contributed by atoms with Crippen molar-refractivity contribution in [2.75, 3.05) is 40.0 Å². The van der Waals surface area contributed by atoms with Crippen LogP contribution in [0, 0.1) is 5.92 Å². The summed E-state index contributed by atoms with van der Waals surface area (Å²) in [5, 5.41) is 80.6. The highest BCUT2D eigenvalue weighted by molar-refractivity contribution is 6.35. The van der Waals surface area contributed by atoms with Crippen LogP contribution in [-0.2, 0) is 47.4 Å². The van der Waals surface area contributed by atoms with Gasteiger partial charge in [-0.2, -0.15) is 0 Å². The fourth-order valence-electron chi connectivity index (χ4n) is 12.3. The predicted octanol–water partition coefficient (Wildman–Crippen LogP) is 1.18. The molecule has 0 saturated carbocycles. The van der Waals surface area contributed by atoms with Gasteiger partial charge in [0.1, 0.15) is 139 Å². The molecule has 0 aromatic carbocycles. The maximum absolute atomic E-state index is 12.3. The average Bonchev–Trinajstić information content (AvgIpc) is 2.28. The van der Waals surface area contributed by atoms with Gasteiger partial charge in [0.25, 0.3) is 0 Å². The van der Waals surface area contributed by atoms with Crippen molar-refractivity contribution in [1.82, 2.24) is 97.6 Å². The summed E-state index contributed by atoms with van der Waals surface area (Å²) in [4.78, 5) is 72.7. The molecule has 5 unspecified atom stereocenters. The standard InChI is InChI=1S/C13H17ClN4O2.C11H11ClN4O4.C11H9ClN4O4.C11H13ClN4O4.C10H11ClN4O4/c1-4-8-7(2)13(3,19)12(20-8)18-6-17-9-10(14)15-5-16-11(9)18;2*12-9-6-10(14-2-13-9)16(3-15-6)11-7(17)8-5(20-11)1-18-4-19-8;1-11(19)7(18)5(2-17)20-10(11)16-4-15-6-8(12)13-3-14-9(6)16;11-8-5-9(13-2-12-8)15(3-14-5)10-7(18)6(17)4(1-16)19-10/h5-8,12,19H,4H2,1-3H3;2-3,5,7-8,11,17H,1,4H2;2-3,5,8,11H,1,4H2;3-5,7,10,17-19H,2H2,1H3;2-4,6-7,10,16-18H,1H2/t7?,8-,12-,13+;5-,7+,8?,11-;5-,8?,11-;5-,7?,10-,11+;4-,6?,7+,10-/m11111/s1. The first-order valence-electron chi connectivity index (χ1n) is 30.3. The number of aliphatic hydroxyl groups is 8. The van der Waals surface area contributed by atoms with Crippen molar-refractivity contribution in [1.29, 1.82) is 0 Å². The average molecular weight is 1480 g/mol. The summed E-state index contributed by atoms with van der Waals surface area (Å²) in [5.41, 5.74) is 1.85. The van der Waals surface area contributed by atoms with E-state index in [4.69, 9.17) is 106 Å². The van der Waals surface area contributed by atoms with Gasteiger partial charge in [-0.25, -0.2) is 74.8 Å². The number of fused-ring (bicyclic) bond motifs is 7. The highest BCUT2D eigenvalue weighted by Crippen LogP contribution is 2.45. The molecule has 0 amide bonds. The molecule has 38 nitrogen and oxygen atoms in total. The molecule has 528 valence electrons. The minimum atomic E-state index is -1.60. The SMILES string of the molecule is CC[C@H]1O[C@@H](n2cnc3c(Cl)ncnc32)[C@@](C)(O)C1C.C[C@]1(O)C(O)[C@@H](CO)O[C@H]1n1cnc2c(Cl)ncnc21.O=C1C2OCOC[C@H]2O[C@H]1n1cnc2c(Cl)ncnc21.OC[C@H]1O[C@@H](n2cnc3c(Cl)ncnc32)[C@@H](O)C1O.O[C@H]1C2OCOC[C@H]2O[C@H]1n1cnc2c(Cl)ncnc21. The van der Waals surface area contributed by atoms with Crippen LogP contribution in [0.1, 0.15) is 65.3 Å². The summed E-state index contributed by atoms with van der Waals surface area (Å²) >= 11 is 29.7. The van der Waals surface area contributed by atoms with Crippen LogP contribution in [0.5, 0.6) is 0 Å². The number of imidazole rings is 5. The Morgan fingerprint density at radius 1 is 0.475 bits per heavy atom. The Kier molecular flexibility index (Phi) is 20.6. The lowest BCUT2D eigenvalue weighted by Crippen LogP contribution is -2.44. The van der Waals surface area contributed by atoms with E-state index in [1.165, 1.54) is 77.6 Å². The zero-order chi connectivity index (χ0) is 69.9. The van der Waals surface area contributed by atoms with Gasteiger partial charge in [-0.3, -0.25) is 27.6 Å². The zero-order valence-corrected chi connectivity index (χ0v) is 55.8. The Hall–Kier alpha value is -6.81. The van der Waals surface area contributed by atoms with Gasteiger partial charge in [0.15, 0.2) is 91.2 Å². The van der Waals surface area contributed by atoms with E-state index in [0.29, 0.717) is 74.2 Å². The molecule has 10 aromatic heterocycles. The van der Waals surface area contributed by atoms with E-state index in [1.807, 2.05) is 13.8 Å². The number of rotatable bonds is 8. The van der Waals surface area contributed by atoms with E-state index >= 15 is 0 Å². The van der Waals surface area contributed by atoms with Gasteiger partial charge < -0.3 is 83.5 Å². The first-order chi connectivity index (χ1) is 47.6. The maximum atomic E-state index is 12.3. The number of carbonyl (C=O) groups excluding carboxylic acids is 1. The molecule has 43 heteroatoms. The van der Waals surface area contributed by atoms with Crippen LogP contribution in [0.15, 0.2) is 63.3 Å². The number of aromatic nitrogens is 20. The lowest BCUT2D eigenvalue weighted by molar-refractivity contribution is -0.189. The smallest absolute Gasteiger partial charge is 0.214 e. The van der Waals surface area contributed by atoms with Gasteiger partial charge in [0.2, 0.25) is 5.78 Å². The fraction of sp³-hybridized carbons (Fsp3) is 0.536. The molecule has 7 aliphatic rings. The van der Waals surface area contributed by atoms with Gasteiger partial charge in [-0.1, -0.05) is 71.9 Å². The third kappa shape index (κ3) is 13.0. The first-order valence-corrected chi connectivity index (χ1v) is 32.2. The molecule has 8 N–H and O–H groups in total. The van der Waals surface area contributed by atoms with Crippen molar-refractivity contribution in [2.24, 2.45) is 5.92 Å². The number of hydrogen-bond acceptors (Lipinski definition) is 33. The molecular formula is C56H61Cl5N20O18. The van der Waals surface area contributed by atoms with E-state index < -0.39 is 110 Å². The van der Waals surface area contributed by atoms with E-state index in [-0.39, 0.29) is 58.1 Å². The zero-order valence-electron chi connectivity index (χ0n) is 52.0. The van der Waals surface area contributed by atoms with Crippen LogP contribution in [0.2, 0.25) is 25.8 Å². The summed E-state index contributed by atoms with van der Waals surface area (Å²) in [6.07, 6.45) is 3.09. The van der Waals surface area contributed by atoms with Gasteiger partial charge in [0.05, 0.1) is 64.2 Å². The second kappa shape index (κ2) is 28.9. The second-order valence-electron chi connectivity index (χ2n) is 23.7. The highest BCUT2D eigenvalue weighted by atomic mass is 35.5. The number of ether oxygens (including phenoxy) is 9. The van der Waals surface area contributed by atoms with E-state index in [9.17, 15) is 40.5 Å². The summed E-state index contributed by atoms with van der Waals surface area (Å²) in [6, 6.07) is 0. The summed E-state index contributed by atoms with van der Waals surface area (Å²) in [6.45, 7) is 7.43. The Balaban J connectivity index is 0.000000111. The molecule has 0 bridgehead atoms. The fourth-order valence-corrected chi connectivity index (χ4v) is 13.2. The number of ketones is 1. The third-order valence-electron chi connectivity index (χ3n) is 17.7. The predicted molar refractivity (Wildman–Crippen MR) is 337 cm³/mol. The number of carbonyl (C=O) groups is 1. The molecule has 0 spiro atoms. The summed E-state index contributed by atoms with van der Waals surface area (Å²) < 4.78 is 57.2. The van der Waals surface area contributed by atoms with Crippen molar-refractivity contribution in [3.8, 4) is 0 Å². The molecule has 7 saturated heterocycles. The van der Waals surface area contributed by atoms with Crippen molar-refractivity contribution in [2.45, 2.75) is 144 Å². The second-order valence-corrected chi connectivity index (χ2v) is 25.5. The van der Waals surface area contributed by atoms with Crippen LogP contribution in [0.4, 0.5) is 0 Å². The normalized spacial score (nSPS) is 32.5. The van der Waals surface area contributed by atoms with Crippen molar-refractivity contribution < 1.29 is 88.3 Å². The molecule has 7 aliphatic heterocycles. The monoisotopic (exact) mass is 1480 g/mol. The molecule has 10 aromatic rings. The van der Waals surface area contributed by atoms with Crippen molar-refractivity contribution in [3.05, 3.63) is 89.0 Å². The number of aliphatic hydroxyl groups excluding tert-OH is 6. The van der Waals surface area contributed by atoms with Gasteiger partial charge in [0, 0.05) is 5.92 Å². The molecule has 0 aliphatic carbocycles. The maximum Gasteiger partial charge on any atom is 0.214 e. The topological polar surface area (TPSA) is 480 Å². The van der Waals surface area contributed by atoms with E-state index in [1.54, 1.807) is 22.4 Å². The van der Waals surface area contributed by atoms with Crippen LogP contribution in [-0.4, -0.2) is 263 Å². The Morgan fingerprint density at radius 3 is 1.30 bits per heavy atom. The van der Waals surface area contributed by atoms with Crippen LogP contribution in [0.25, 0.3) is 55.8 Å². The molecule has 0 radical (unpaired) electrons. The molecule has 99 heavy (non-hydrogen) atoms. The molecule has 7 fully saturated rings. The van der Waals surface area contributed by atoms with Crippen molar-refractivity contribution >= 4 is 120 Å². The van der Waals surface area contributed by atoms with Gasteiger partial charge in [-0.15, -0.1) is 0 Å². The quantitative estimate of drug-likeness (QED) is 0.0990. The number of halogens is 5. The lowest BCUT2D eigenvalue weighted by Gasteiger charge is -2.28. The highest BCUT2D eigenvalue weighted by Gasteiger charge is 2.55. The van der Waals surface area contributed by atoms with Gasteiger partial charge >= 0.3 is 0 Å². The Morgan fingerprint density at radius 2 is 0.879 bits per heavy atom. The Bertz CT molecular complexity index is 4420. The summed E-state index contributed by atoms with van der Waals surface area (Å²) in [7, 11) is 0. The first kappa shape index (κ1) is 70.6. The van der Waals surface area contributed by atoms with Gasteiger partial charge in [-0.05, 0) is 20.3 Å². The molecule has 19 atom stereocenters. The minimum absolute atomic E-state index is 0.00441. The number of nitrogens with zero attached hydrogens (tertiary/aromatic N) is 20. The van der Waals surface area contributed by atoms with E-state index in [0.717, 1.165) is 6.42 Å². The third-order valence-corrected chi connectivity index (χ3v) is 19.1. The summed E-state index contributed by atoms with van der Waals surface area (Å²) in [5.74, 6) is -0.153. The molecule has 17 heterocycles. The number of Topliss-reactive ketones (excluding diaryl/α,β-unsaturated/α-hetero) is 1. The molecular weight excluding hydrogens is 1420 g/mol. The number of hydrogen-bond donors (Lipinski definition) is 8. The molecule has 17 rings (SSSR count). The van der Waals surface area contributed by atoms with E-state index in [2.05, 4.69) is 74.8 Å². The largest absolute Gasteiger partial charge is 0.394 e. The minimum Gasteiger partial charge on any atom is -0.394 e. The van der Waals surface area contributed by atoms with Crippen LogP contribution < -0.4 is 0 Å². The Labute approximate surface area is 581 Å². The van der Waals surface area contributed by atoms with Crippen molar-refractivity contribution in [3.63, 3.8) is 0 Å². The van der Waals surface area contributed by atoms with Crippen LogP contribution >= 0.6 is 58.0 Å².